The number of nitrogens with two attached hydrogens (primary N) is 1. The second-order valence-electron chi connectivity index (χ2n) is 4.42. The maximum Gasteiger partial charge on any atom is 0.225 e. The van der Waals surface area contributed by atoms with E-state index in [-0.39, 0.29) is 6.04 Å². The van der Waals surface area contributed by atoms with Crippen LogP contribution in [0.4, 0.5) is 5.95 Å². The van der Waals surface area contributed by atoms with Crippen molar-refractivity contribution in [2.45, 2.75) is 19.4 Å². The molecule has 2 rings (SSSR count). The van der Waals surface area contributed by atoms with Gasteiger partial charge in [0.2, 0.25) is 5.95 Å². The van der Waals surface area contributed by atoms with Crippen LogP contribution in [0.5, 0.6) is 0 Å². The van der Waals surface area contributed by atoms with Crippen LogP contribution in [0, 0.1) is 0 Å². The molecule has 4 heteroatoms. The van der Waals surface area contributed by atoms with Gasteiger partial charge >= 0.3 is 0 Å². The normalized spacial score (nSPS) is 12.6. The van der Waals surface area contributed by atoms with Crippen molar-refractivity contribution in [1.29, 1.82) is 0 Å². The van der Waals surface area contributed by atoms with Crippen LogP contribution < -0.4 is 10.6 Å². The van der Waals surface area contributed by atoms with E-state index in [0.29, 0.717) is 0 Å². The smallest absolute Gasteiger partial charge is 0.225 e. The predicted octanol–water partition coefficient (Wildman–Crippen LogP) is 1.80. The Morgan fingerprint density at radius 1 is 1.35 bits per heavy atom. The number of anilines is 1. The molecule has 1 aromatic heterocycles. The third-order valence-electron chi connectivity index (χ3n) is 2.74. The van der Waals surface area contributed by atoms with E-state index in [1.807, 2.05) is 49.3 Å². The third-order valence-corrected chi connectivity index (χ3v) is 2.74. The molecule has 0 saturated heterocycles. The lowest BCUT2D eigenvalue weighted by Gasteiger charge is -2.18. The summed E-state index contributed by atoms with van der Waals surface area (Å²) in [4.78, 5) is 10.9. The number of hydrogen-bond donors (Lipinski definition) is 1. The SMILES string of the molecule is CC(N)CCN(C)c1ncc2ccccc2n1. The van der Waals surface area contributed by atoms with Crippen molar-refractivity contribution in [3.63, 3.8) is 0 Å². The molecule has 17 heavy (non-hydrogen) atoms. The van der Waals surface area contributed by atoms with Gasteiger partial charge in [-0.1, -0.05) is 18.2 Å². The van der Waals surface area contributed by atoms with Crippen LogP contribution in [0.15, 0.2) is 30.5 Å². The Morgan fingerprint density at radius 2 is 2.12 bits per heavy atom. The van der Waals surface area contributed by atoms with Gasteiger partial charge in [-0.3, -0.25) is 0 Å². The number of aromatic nitrogens is 2. The zero-order chi connectivity index (χ0) is 12.3. The summed E-state index contributed by atoms with van der Waals surface area (Å²) in [7, 11) is 1.99. The lowest BCUT2D eigenvalue weighted by molar-refractivity contribution is 0.653. The van der Waals surface area contributed by atoms with Gasteiger partial charge in [-0.25, -0.2) is 9.97 Å². The molecule has 0 spiro atoms. The molecule has 0 saturated carbocycles. The molecular formula is C13H18N4. The molecular weight excluding hydrogens is 212 g/mol. The average Bonchev–Trinajstić information content (AvgIpc) is 2.35. The fourth-order valence-electron chi connectivity index (χ4n) is 1.64. The number of fused-ring (bicyclic) bond motifs is 1. The molecule has 0 aliphatic rings. The first kappa shape index (κ1) is 11.8. The van der Waals surface area contributed by atoms with Crippen molar-refractivity contribution in [1.82, 2.24) is 9.97 Å². The highest BCUT2D eigenvalue weighted by molar-refractivity contribution is 5.78. The second kappa shape index (κ2) is 5.10. The van der Waals surface area contributed by atoms with Gasteiger partial charge in [-0.05, 0) is 19.4 Å². The zero-order valence-electron chi connectivity index (χ0n) is 10.3. The van der Waals surface area contributed by atoms with E-state index in [4.69, 9.17) is 5.73 Å². The first-order chi connectivity index (χ1) is 8.16. The summed E-state index contributed by atoms with van der Waals surface area (Å²) < 4.78 is 0. The van der Waals surface area contributed by atoms with Crippen LogP contribution in [0.25, 0.3) is 10.9 Å². The highest BCUT2D eigenvalue weighted by Crippen LogP contribution is 2.13. The second-order valence-corrected chi connectivity index (χ2v) is 4.42. The number of nitrogens with zero attached hydrogens (tertiary/aromatic N) is 3. The van der Waals surface area contributed by atoms with Gasteiger partial charge in [0.1, 0.15) is 0 Å². The minimum Gasteiger partial charge on any atom is -0.344 e. The standard InChI is InChI=1S/C13H18N4/c1-10(14)7-8-17(2)13-15-9-11-5-3-4-6-12(11)16-13/h3-6,9-10H,7-8,14H2,1-2H3. The van der Waals surface area contributed by atoms with Crippen LogP contribution >= 0.6 is 0 Å². The van der Waals surface area contributed by atoms with Crippen LogP contribution in [0.3, 0.4) is 0 Å². The lowest BCUT2D eigenvalue weighted by atomic mass is 10.2. The molecule has 4 nitrogen and oxygen atoms in total. The largest absolute Gasteiger partial charge is 0.344 e. The molecule has 1 unspecified atom stereocenters. The minimum atomic E-state index is 0.206. The van der Waals surface area contributed by atoms with Gasteiger partial charge in [-0.2, -0.15) is 0 Å². The molecule has 1 heterocycles. The molecule has 2 N–H and O–H groups in total. The van der Waals surface area contributed by atoms with Gasteiger partial charge in [0.05, 0.1) is 5.52 Å². The number of benzene rings is 1. The van der Waals surface area contributed by atoms with Gasteiger partial charge in [0.25, 0.3) is 0 Å². The van der Waals surface area contributed by atoms with Gasteiger partial charge in [-0.15, -0.1) is 0 Å². The summed E-state index contributed by atoms with van der Waals surface area (Å²) in [5.41, 5.74) is 6.72. The van der Waals surface area contributed by atoms with Crippen LogP contribution in [0.1, 0.15) is 13.3 Å². The van der Waals surface area contributed by atoms with Crippen molar-refractivity contribution < 1.29 is 0 Å². The fraction of sp³-hybridized carbons (Fsp3) is 0.385. The van der Waals surface area contributed by atoms with E-state index in [0.717, 1.165) is 29.8 Å². The molecule has 90 valence electrons. The van der Waals surface area contributed by atoms with Crippen molar-refractivity contribution in [2.24, 2.45) is 5.73 Å². The predicted molar refractivity (Wildman–Crippen MR) is 71.1 cm³/mol. The topological polar surface area (TPSA) is 55.0 Å². The number of para-hydroxylation sites is 1. The summed E-state index contributed by atoms with van der Waals surface area (Å²) >= 11 is 0. The monoisotopic (exact) mass is 230 g/mol. The highest BCUT2D eigenvalue weighted by Gasteiger charge is 2.06. The number of hydrogen-bond acceptors (Lipinski definition) is 4. The maximum atomic E-state index is 5.74. The summed E-state index contributed by atoms with van der Waals surface area (Å²) in [6.45, 7) is 2.88. The third kappa shape index (κ3) is 2.91. The van der Waals surface area contributed by atoms with Crippen molar-refractivity contribution in [2.75, 3.05) is 18.5 Å². The van der Waals surface area contributed by atoms with E-state index < -0.39 is 0 Å². The highest BCUT2D eigenvalue weighted by atomic mass is 15.2. The van der Waals surface area contributed by atoms with E-state index >= 15 is 0 Å². The van der Waals surface area contributed by atoms with Crippen molar-refractivity contribution in [3.05, 3.63) is 30.5 Å². The Bertz CT molecular complexity index is 495. The Morgan fingerprint density at radius 3 is 2.88 bits per heavy atom. The Hall–Kier alpha value is -1.68. The molecule has 2 aromatic rings. The van der Waals surface area contributed by atoms with E-state index in [2.05, 4.69) is 9.97 Å². The van der Waals surface area contributed by atoms with Crippen molar-refractivity contribution >= 4 is 16.9 Å². The van der Waals surface area contributed by atoms with E-state index in [9.17, 15) is 0 Å². The van der Waals surface area contributed by atoms with E-state index in [1.165, 1.54) is 0 Å². The van der Waals surface area contributed by atoms with Gasteiger partial charge in [0, 0.05) is 31.2 Å². The molecule has 0 aliphatic carbocycles. The molecule has 0 aliphatic heterocycles. The first-order valence-corrected chi connectivity index (χ1v) is 5.85. The minimum absolute atomic E-state index is 0.206. The molecule has 1 atom stereocenters. The molecule has 0 bridgehead atoms. The van der Waals surface area contributed by atoms with Crippen molar-refractivity contribution in [3.8, 4) is 0 Å². The fourth-order valence-corrected chi connectivity index (χ4v) is 1.64. The Labute approximate surface area is 101 Å². The zero-order valence-corrected chi connectivity index (χ0v) is 10.3. The molecule has 0 radical (unpaired) electrons. The van der Waals surface area contributed by atoms with Crippen LogP contribution in [-0.4, -0.2) is 29.6 Å². The lowest BCUT2D eigenvalue weighted by Crippen LogP contribution is -2.27. The van der Waals surface area contributed by atoms with Crippen LogP contribution in [-0.2, 0) is 0 Å². The number of rotatable bonds is 4. The average molecular weight is 230 g/mol. The molecule has 0 amide bonds. The summed E-state index contributed by atoms with van der Waals surface area (Å²) in [6.07, 6.45) is 2.80. The summed E-state index contributed by atoms with van der Waals surface area (Å²) in [6, 6.07) is 8.20. The first-order valence-electron chi connectivity index (χ1n) is 5.85. The summed E-state index contributed by atoms with van der Waals surface area (Å²) in [5, 5.41) is 1.07. The quantitative estimate of drug-likeness (QED) is 0.870. The van der Waals surface area contributed by atoms with E-state index in [1.54, 1.807) is 0 Å². The van der Waals surface area contributed by atoms with Crippen LogP contribution in [0.2, 0.25) is 0 Å². The van der Waals surface area contributed by atoms with Gasteiger partial charge in [0.15, 0.2) is 0 Å². The Kier molecular flexibility index (Phi) is 3.54. The Balaban J connectivity index is 2.18. The summed E-state index contributed by atoms with van der Waals surface area (Å²) in [5.74, 6) is 0.754. The maximum absolute atomic E-state index is 5.74. The van der Waals surface area contributed by atoms with Gasteiger partial charge < -0.3 is 10.6 Å². The molecule has 0 fully saturated rings. The molecule has 1 aromatic carbocycles.